The van der Waals surface area contributed by atoms with Crippen molar-refractivity contribution >= 4 is 5.71 Å². The number of benzene rings is 2. The first kappa shape index (κ1) is 16.6. The van der Waals surface area contributed by atoms with Crippen molar-refractivity contribution in [1.29, 1.82) is 0 Å². The quantitative estimate of drug-likeness (QED) is 0.704. The third-order valence-electron chi connectivity index (χ3n) is 5.00. The first-order chi connectivity index (χ1) is 12.7. The van der Waals surface area contributed by atoms with E-state index in [1.54, 1.807) is 35.5 Å². The van der Waals surface area contributed by atoms with Gasteiger partial charge in [0.05, 0.1) is 46.8 Å². The lowest BCUT2D eigenvalue weighted by Gasteiger charge is -2.22. The highest BCUT2D eigenvalue weighted by Crippen LogP contribution is 2.57. The molecule has 0 aromatic heterocycles. The molecule has 0 radical (unpaired) electrons. The van der Waals surface area contributed by atoms with Gasteiger partial charge in [-0.05, 0) is 24.1 Å². The van der Waals surface area contributed by atoms with Crippen molar-refractivity contribution in [1.82, 2.24) is 0 Å². The van der Waals surface area contributed by atoms with Crippen molar-refractivity contribution in [2.24, 2.45) is 4.99 Å². The van der Waals surface area contributed by atoms with Crippen LogP contribution in [-0.2, 0) is 6.42 Å². The Balaban J connectivity index is 2.16. The molecule has 0 saturated carbocycles. The first-order valence-electron chi connectivity index (χ1n) is 8.37. The summed E-state index contributed by atoms with van der Waals surface area (Å²) in [5.41, 5.74) is 5.91. The summed E-state index contributed by atoms with van der Waals surface area (Å²) in [4.78, 5) is 4.80. The van der Waals surface area contributed by atoms with E-state index in [4.69, 9.17) is 28.7 Å². The average Bonchev–Trinajstić information content (AvgIpc) is 3.02. The van der Waals surface area contributed by atoms with Gasteiger partial charge in [0.15, 0.2) is 23.0 Å². The third-order valence-corrected chi connectivity index (χ3v) is 5.00. The Labute approximate surface area is 152 Å². The van der Waals surface area contributed by atoms with Crippen LogP contribution in [0.4, 0.5) is 0 Å². The molecule has 0 bridgehead atoms. The van der Waals surface area contributed by atoms with Crippen LogP contribution < -0.4 is 23.7 Å². The van der Waals surface area contributed by atoms with Crippen LogP contribution in [-0.4, -0.2) is 47.8 Å². The molecule has 0 spiro atoms. The highest BCUT2D eigenvalue weighted by atomic mass is 16.5. The molecule has 136 valence electrons. The Morgan fingerprint density at radius 1 is 0.692 bits per heavy atom. The van der Waals surface area contributed by atoms with Crippen LogP contribution in [0.3, 0.4) is 0 Å². The SMILES string of the molecule is COc1ccc2c(c1OC)C1=NCCc3c(OC)c(OC)c(OC)c-2c31. The maximum atomic E-state index is 5.75. The van der Waals surface area contributed by atoms with Crippen molar-refractivity contribution in [2.75, 3.05) is 42.1 Å². The minimum atomic E-state index is 0.604. The lowest BCUT2D eigenvalue weighted by molar-refractivity contribution is 0.323. The topological polar surface area (TPSA) is 58.5 Å². The maximum absolute atomic E-state index is 5.75. The van der Waals surface area contributed by atoms with E-state index in [2.05, 4.69) is 0 Å². The molecule has 2 aliphatic rings. The minimum Gasteiger partial charge on any atom is -0.493 e. The number of methoxy groups -OCH3 is 5. The summed E-state index contributed by atoms with van der Waals surface area (Å²) in [6.45, 7) is 0.674. The number of fused-ring (bicyclic) bond motifs is 3. The van der Waals surface area contributed by atoms with Gasteiger partial charge in [-0.25, -0.2) is 0 Å². The van der Waals surface area contributed by atoms with Crippen molar-refractivity contribution in [3.8, 4) is 39.9 Å². The smallest absolute Gasteiger partial charge is 0.204 e. The Bertz CT molecular complexity index is 933. The second kappa shape index (κ2) is 6.12. The Hall–Kier alpha value is -2.89. The zero-order chi connectivity index (χ0) is 18.4. The molecule has 0 unspecified atom stereocenters. The van der Waals surface area contributed by atoms with E-state index in [9.17, 15) is 0 Å². The number of nitrogens with zero attached hydrogens (tertiary/aromatic N) is 1. The number of hydrogen-bond acceptors (Lipinski definition) is 6. The third kappa shape index (κ3) is 1.95. The molecule has 0 N–H and O–H groups in total. The van der Waals surface area contributed by atoms with E-state index in [0.717, 1.165) is 39.9 Å². The molecule has 0 amide bonds. The van der Waals surface area contributed by atoms with Gasteiger partial charge in [0.1, 0.15) is 0 Å². The molecule has 1 heterocycles. The average molecular weight is 355 g/mol. The monoisotopic (exact) mass is 355 g/mol. The molecule has 0 fully saturated rings. The van der Waals surface area contributed by atoms with Gasteiger partial charge in [-0.15, -0.1) is 0 Å². The van der Waals surface area contributed by atoms with E-state index < -0.39 is 0 Å². The predicted octanol–water partition coefficient (Wildman–Crippen LogP) is 3.10. The fourth-order valence-corrected chi connectivity index (χ4v) is 4.02. The second-order valence-electron chi connectivity index (χ2n) is 6.03. The number of ether oxygens (including phenoxy) is 5. The summed E-state index contributed by atoms with van der Waals surface area (Å²) in [5.74, 6) is 3.30. The normalized spacial score (nSPS) is 13.5. The predicted molar refractivity (Wildman–Crippen MR) is 98.8 cm³/mol. The number of rotatable bonds is 5. The van der Waals surface area contributed by atoms with Gasteiger partial charge in [0, 0.05) is 23.2 Å². The largest absolute Gasteiger partial charge is 0.493 e. The van der Waals surface area contributed by atoms with Gasteiger partial charge in [-0.1, -0.05) is 0 Å². The molecule has 0 saturated heterocycles. The van der Waals surface area contributed by atoms with Crippen molar-refractivity contribution in [2.45, 2.75) is 6.42 Å². The van der Waals surface area contributed by atoms with Crippen molar-refractivity contribution in [3.05, 3.63) is 28.8 Å². The lowest BCUT2D eigenvalue weighted by atomic mass is 9.93. The summed E-state index contributed by atoms with van der Waals surface area (Å²) in [7, 11) is 8.19. The van der Waals surface area contributed by atoms with E-state index in [0.29, 0.717) is 35.3 Å². The highest BCUT2D eigenvalue weighted by molar-refractivity contribution is 6.28. The van der Waals surface area contributed by atoms with Crippen LogP contribution in [0.5, 0.6) is 28.7 Å². The summed E-state index contributed by atoms with van der Waals surface area (Å²) in [6.07, 6.45) is 0.781. The van der Waals surface area contributed by atoms with Gasteiger partial charge in [0.2, 0.25) is 5.75 Å². The van der Waals surface area contributed by atoms with Gasteiger partial charge >= 0.3 is 0 Å². The summed E-state index contributed by atoms with van der Waals surface area (Å²) in [6, 6.07) is 3.92. The van der Waals surface area contributed by atoms with E-state index in [1.165, 1.54) is 0 Å². The van der Waals surface area contributed by atoms with Crippen LogP contribution in [0.15, 0.2) is 17.1 Å². The van der Waals surface area contributed by atoms with Gasteiger partial charge in [-0.3, -0.25) is 4.99 Å². The van der Waals surface area contributed by atoms with E-state index >= 15 is 0 Å². The molecular formula is C20H21NO5. The minimum absolute atomic E-state index is 0.604. The Kier molecular flexibility index (Phi) is 3.90. The van der Waals surface area contributed by atoms with Gasteiger partial charge < -0.3 is 23.7 Å². The number of hydrogen-bond donors (Lipinski definition) is 0. The van der Waals surface area contributed by atoms with Crippen LogP contribution in [0, 0.1) is 0 Å². The standard InChI is InChI=1S/C20H21NO5/c1-22-12-7-6-10-14-13-11(17(23-2)20(26-5)19(14)25-4)8-9-21-16(13)15(10)18(12)24-3/h6-7H,8-9H2,1-5H3. The number of aliphatic imine (C=N–C) groups is 1. The van der Waals surface area contributed by atoms with Crippen LogP contribution in [0.25, 0.3) is 11.1 Å². The molecule has 0 atom stereocenters. The van der Waals surface area contributed by atoms with Gasteiger partial charge in [-0.2, -0.15) is 0 Å². The molecule has 6 heteroatoms. The summed E-state index contributed by atoms with van der Waals surface area (Å²) < 4.78 is 28.3. The summed E-state index contributed by atoms with van der Waals surface area (Å²) in [5, 5.41) is 0. The molecule has 26 heavy (non-hydrogen) atoms. The Morgan fingerprint density at radius 2 is 1.38 bits per heavy atom. The molecule has 1 aliphatic heterocycles. The van der Waals surface area contributed by atoms with Crippen LogP contribution in [0.1, 0.15) is 16.7 Å². The molecule has 6 nitrogen and oxygen atoms in total. The first-order valence-corrected chi connectivity index (χ1v) is 8.37. The molecular weight excluding hydrogens is 334 g/mol. The second-order valence-corrected chi connectivity index (χ2v) is 6.03. The maximum Gasteiger partial charge on any atom is 0.204 e. The van der Waals surface area contributed by atoms with E-state index in [-0.39, 0.29) is 0 Å². The fraction of sp³-hybridized carbons (Fsp3) is 0.350. The molecule has 2 aromatic rings. The fourth-order valence-electron chi connectivity index (χ4n) is 4.02. The highest BCUT2D eigenvalue weighted by Gasteiger charge is 2.39. The zero-order valence-electron chi connectivity index (χ0n) is 15.6. The zero-order valence-corrected chi connectivity index (χ0v) is 15.6. The van der Waals surface area contributed by atoms with E-state index in [1.807, 2.05) is 12.1 Å². The summed E-state index contributed by atoms with van der Waals surface area (Å²) >= 11 is 0. The van der Waals surface area contributed by atoms with Crippen molar-refractivity contribution < 1.29 is 23.7 Å². The van der Waals surface area contributed by atoms with Gasteiger partial charge in [0.25, 0.3) is 0 Å². The Morgan fingerprint density at radius 3 is 2.00 bits per heavy atom. The van der Waals surface area contributed by atoms with Crippen LogP contribution in [0.2, 0.25) is 0 Å². The van der Waals surface area contributed by atoms with Crippen molar-refractivity contribution in [3.63, 3.8) is 0 Å². The van der Waals surface area contributed by atoms with Crippen LogP contribution >= 0.6 is 0 Å². The lowest BCUT2D eigenvalue weighted by Crippen LogP contribution is -2.14. The molecule has 4 rings (SSSR count). The molecule has 1 aliphatic carbocycles. The molecule has 2 aromatic carbocycles.